The molecule has 0 unspecified atom stereocenters. The van der Waals surface area contributed by atoms with Gasteiger partial charge in [-0.05, 0) is 28.7 Å². The van der Waals surface area contributed by atoms with Crippen LogP contribution in [0.4, 0.5) is 0 Å². The molecule has 2 aromatic carbocycles. The fourth-order valence-electron chi connectivity index (χ4n) is 3.60. The van der Waals surface area contributed by atoms with E-state index in [0.29, 0.717) is 24.9 Å². The molecule has 2 heterocycles. The van der Waals surface area contributed by atoms with Gasteiger partial charge in [0, 0.05) is 26.2 Å². The monoisotopic (exact) mass is 466 g/mol. The molecular weight excluding hydrogens is 436 g/mol. The van der Waals surface area contributed by atoms with Crippen LogP contribution >= 0.6 is 11.8 Å². The molecule has 4 rings (SSSR count). The Labute approximate surface area is 199 Å². The lowest BCUT2D eigenvalue weighted by Gasteiger charge is -2.21. The third kappa shape index (κ3) is 5.33. The van der Waals surface area contributed by atoms with Gasteiger partial charge in [-0.15, -0.1) is 10.2 Å². The minimum absolute atomic E-state index is 0.0222. The summed E-state index contributed by atoms with van der Waals surface area (Å²) in [5.41, 5.74) is 3.38. The minimum Gasteiger partial charge on any atom is -0.486 e. The highest BCUT2D eigenvalue weighted by Gasteiger charge is 2.18. The SMILES string of the molecule is CN(Cc1ccc2c(c1)OCCO2)C(=O)CSc1nnc(-c2ccc(C(C)(C)C)cc2)n1C. The number of carbonyl (C=O) groups is 1. The Morgan fingerprint density at radius 3 is 2.45 bits per heavy atom. The zero-order chi connectivity index (χ0) is 23.6. The van der Waals surface area contributed by atoms with Gasteiger partial charge in [0.1, 0.15) is 13.2 Å². The van der Waals surface area contributed by atoms with Crippen LogP contribution in [-0.2, 0) is 23.8 Å². The van der Waals surface area contributed by atoms with Crippen molar-refractivity contribution in [2.75, 3.05) is 26.0 Å². The summed E-state index contributed by atoms with van der Waals surface area (Å²) < 4.78 is 13.1. The molecular formula is C25H30N4O3S. The number of aromatic nitrogens is 3. The lowest BCUT2D eigenvalue weighted by molar-refractivity contribution is -0.127. The first kappa shape index (κ1) is 23.2. The predicted molar refractivity (Wildman–Crippen MR) is 130 cm³/mol. The number of nitrogens with zero attached hydrogens (tertiary/aromatic N) is 4. The second-order valence-corrected chi connectivity index (χ2v) is 10.2. The molecule has 0 fully saturated rings. The van der Waals surface area contributed by atoms with E-state index < -0.39 is 0 Å². The third-order valence-electron chi connectivity index (χ3n) is 5.62. The van der Waals surface area contributed by atoms with Crippen LogP contribution in [0.25, 0.3) is 11.4 Å². The van der Waals surface area contributed by atoms with Crippen LogP contribution in [0.5, 0.6) is 11.5 Å². The van der Waals surface area contributed by atoms with Gasteiger partial charge < -0.3 is 18.9 Å². The maximum absolute atomic E-state index is 12.7. The van der Waals surface area contributed by atoms with Crippen molar-refractivity contribution in [2.45, 2.75) is 37.9 Å². The van der Waals surface area contributed by atoms with E-state index in [1.807, 2.05) is 29.8 Å². The summed E-state index contributed by atoms with van der Waals surface area (Å²) in [4.78, 5) is 14.4. The maximum atomic E-state index is 12.7. The smallest absolute Gasteiger partial charge is 0.233 e. The number of hydrogen-bond donors (Lipinski definition) is 0. The van der Waals surface area contributed by atoms with Crippen molar-refractivity contribution >= 4 is 17.7 Å². The Morgan fingerprint density at radius 2 is 1.76 bits per heavy atom. The van der Waals surface area contributed by atoms with Crippen LogP contribution in [0.3, 0.4) is 0 Å². The second-order valence-electron chi connectivity index (χ2n) is 9.21. The minimum atomic E-state index is 0.0222. The molecule has 0 saturated carbocycles. The molecule has 33 heavy (non-hydrogen) atoms. The third-order valence-corrected chi connectivity index (χ3v) is 6.63. The number of amides is 1. The molecule has 8 heteroatoms. The molecule has 0 bridgehead atoms. The summed E-state index contributed by atoms with van der Waals surface area (Å²) in [6, 6.07) is 14.2. The second kappa shape index (κ2) is 9.47. The van der Waals surface area contributed by atoms with Crippen molar-refractivity contribution in [1.29, 1.82) is 0 Å². The standard InChI is InChI=1S/C25H30N4O3S/c1-25(2,3)19-9-7-18(8-10-19)23-26-27-24(29(23)5)33-16-22(30)28(4)15-17-6-11-20-21(14-17)32-13-12-31-20/h6-11,14H,12-13,15-16H2,1-5H3. The number of rotatable bonds is 6. The Bertz CT molecular complexity index is 1140. The van der Waals surface area contributed by atoms with Gasteiger partial charge in [0.25, 0.3) is 0 Å². The summed E-state index contributed by atoms with van der Waals surface area (Å²) in [6.07, 6.45) is 0. The lowest BCUT2D eigenvalue weighted by Crippen LogP contribution is -2.28. The van der Waals surface area contributed by atoms with Crippen LogP contribution in [-0.4, -0.2) is 51.6 Å². The molecule has 1 aliphatic heterocycles. The van der Waals surface area contributed by atoms with Gasteiger partial charge in [0.2, 0.25) is 5.91 Å². The Hall–Kier alpha value is -3.00. The average molecular weight is 467 g/mol. The Kier molecular flexibility index (Phi) is 6.65. The van der Waals surface area contributed by atoms with Crippen molar-refractivity contribution in [2.24, 2.45) is 7.05 Å². The zero-order valence-electron chi connectivity index (χ0n) is 19.8. The fraction of sp³-hybridized carbons (Fsp3) is 0.400. The molecule has 0 saturated heterocycles. The molecule has 0 spiro atoms. The number of hydrogen-bond acceptors (Lipinski definition) is 6. The first-order valence-electron chi connectivity index (χ1n) is 11.0. The van der Waals surface area contributed by atoms with E-state index in [2.05, 4.69) is 55.2 Å². The highest BCUT2D eigenvalue weighted by Crippen LogP contribution is 2.31. The van der Waals surface area contributed by atoms with Crippen LogP contribution in [0, 0.1) is 0 Å². The van der Waals surface area contributed by atoms with Gasteiger partial charge in [-0.25, -0.2) is 0 Å². The zero-order valence-corrected chi connectivity index (χ0v) is 20.6. The molecule has 174 valence electrons. The summed E-state index contributed by atoms with van der Waals surface area (Å²) >= 11 is 1.39. The topological polar surface area (TPSA) is 69.5 Å². The number of thioether (sulfide) groups is 1. The van der Waals surface area contributed by atoms with Gasteiger partial charge in [-0.2, -0.15) is 0 Å². The molecule has 1 amide bonds. The Balaban J connectivity index is 1.36. The van der Waals surface area contributed by atoms with Crippen LogP contribution in [0.15, 0.2) is 47.6 Å². The van der Waals surface area contributed by atoms with Crippen LogP contribution in [0.1, 0.15) is 31.9 Å². The van der Waals surface area contributed by atoms with Crippen LogP contribution in [0.2, 0.25) is 0 Å². The van der Waals surface area contributed by atoms with Crippen molar-refractivity contribution in [1.82, 2.24) is 19.7 Å². The van der Waals surface area contributed by atoms with E-state index in [-0.39, 0.29) is 17.1 Å². The summed E-state index contributed by atoms with van der Waals surface area (Å²) in [5, 5.41) is 9.37. The van der Waals surface area contributed by atoms with E-state index >= 15 is 0 Å². The molecule has 1 aliphatic rings. The van der Waals surface area contributed by atoms with E-state index in [1.165, 1.54) is 17.3 Å². The van der Waals surface area contributed by atoms with E-state index in [1.54, 1.807) is 11.9 Å². The van der Waals surface area contributed by atoms with Gasteiger partial charge in [0.05, 0.1) is 5.75 Å². The van der Waals surface area contributed by atoms with Crippen LogP contribution < -0.4 is 9.47 Å². The molecule has 0 atom stereocenters. The van der Waals surface area contributed by atoms with Crippen molar-refractivity contribution in [3.63, 3.8) is 0 Å². The van der Waals surface area contributed by atoms with Crippen molar-refractivity contribution in [3.05, 3.63) is 53.6 Å². The molecule has 7 nitrogen and oxygen atoms in total. The predicted octanol–water partition coefficient (Wildman–Crippen LogP) is 4.30. The number of benzene rings is 2. The van der Waals surface area contributed by atoms with E-state index in [4.69, 9.17) is 9.47 Å². The Morgan fingerprint density at radius 1 is 1.06 bits per heavy atom. The van der Waals surface area contributed by atoms with Gasteiger partial charge >= 0.3 is 0 Å². The van der Waals surface area contributed by atoms with E-state index in [0.717, 1.165) is 28.5 Å². The van der Waals surface area contributed by atoms with Crippen molar-refractivity contribution < 1.29 is 14.3 Å². The van der Waals surface area contributed by atoms with Crippen molar-refractivity contribution in [3.8, 4) is 22.9 Å². The molecule has 3 aromatic rings. The lowest BCUT2D eigenvalue weighted by atomic mass is 9.87. The van der Waals surface area contributed by atoms with Gasteiger partial charge in [-0.3, -0.25) is 4.79 Å². The number of fused-ring (bicyclic) bond motifs is 1. The summed E-state index contributed by atoms with van der Waals surface area (Å²) in [5.74, 6) is 2.58. The quantitative estimate of drug-likeness (QED) is 0.505. The molecule has 0 N–H and O–H groups in total. The average Bonchev–Trinajstić information content (AvgIpc) is 3.17. The largest absolute Gasteiger partial charge is 0.486 e. The van der Waals surface area contributed by atoms with E-state index in [9.17, 15) is 4.79 Å². The summed E-state index contributed by atoms with van der Waals surface area (Å²) in [6.45, 7) is 8.19. The molecule has 1 aromatic heterocycles. The fourth-order valence-corrected chi connectivity index (χ4v) is 4.45. The highest BCUT2D eigenvalue weighted by molar-refractivity contribution is 7.99. The first-order valence-corrected chi connectivity index (χ1v) is 12.0. The summed E-state index contributed by atoms with van der Waals surface area (Å²) in [7, 11) is 3.73. The number of ether oxygens (including phenoxy) is 2. The highest BCUT2D eigenvalue weighted by atomic mass is 32.2. The van der Waals surface area contributed by atoms with Gasteiger partial charge in [0.15, 0.2) is 22.5 Å². The molecule has 0 aliphatic carbocycles. The van der Waals surface area contributed by atoms with Gasteiger partial charge in [-0.1, -0.05) is 62.9 Å². The normalized spacial score (nSPS) is 13.1. The number of carbonyl (C=O) groups excluding carboxylic acids is 1. The first-order chi connectivity index (χ1) is 15.7. The molecule has 0 radical (unpaired) electrons. The maximum Gasteiger partial charge on any atom is 0.233 e.